The molecule has 0 aliphatic heterocycles. The van der Waals surface area contributed by atoms with Crippen molar-refractivity contribution in [3.05, 3.63) is 58.1 Å². The SMILES string of the molecule is COC(=O)Cn1c(=NC(=O)CCCS(=O)(=O)c2ccc(F)cc2)sc2cc(C)c(C)cc21. The number of aryl methyl sites for hydroxylation is 2. The molecular formula is C22H23FN2O5S2. The van der Waals surface area contributed by atoms with Gasteiger partial charge in [-0.3, -0.25) is 9.59 Å². The van der Waals surface area contributed by atoms with Crippen LogP contribution in [0.3, 0.4) is 0 Å². The minimum absolute atomic E-state index is 0.00875. The van der Waals surface area contributed by atoms with Crippen molar-refractivity contribution in [1.82, 2.24) is 4.57 Å². The number of thiazole rings is 1. The normalized spacial score (nSPS) is 12.3. The van der Waals surface area contributed by atoms with Crippen molar-refractivity contribution in [2.45, 2.75) is 38.1 Å². The van der Waals surface area contributed by atoms with Crippen LogP contribution in [0, 0.1) is 19.7 Å². The van der Waals surface area contributed by atoms with Crippen LogP contribution in [-0.4, -0.2) is 37.7 Å². The van der Waals surface area contributed by atoms with E-state index < -0.39 is 27.5 Å². The molecule has 3 rings (SSSR count). The number of aromatic nitrogens is 1. The molecule has 3 aromatic rings. The summed E-state index contributed by atoms with van der Waals surface area (Å²) in [7, 11) is -2.34. The third-order valence-electron chi connectivity index (χ3n) is 5.01. The minimum Gasteiger partial charge on any atom is -0.468 e. The van der Waals surface area contributed by atoms with Crippen molar-refractivity contribution >= 4 is 43.3 Å². The van der Waals surface area contributed by atoms with Crippen molar-refractivity contribution in [3.63, 3.8) is 0 Å². The van der Waals surface area contributed by atoms with E-state index in [2.05, 4.69) is 4.99 Å². The Morgan fingerprint density at radius 3 is 2.44 bits per heavy atom. The summed E-state index contributed by atoms with van der Waals surface area (Å²) in [6, 6.07) is 8.48. The number of carbonyl (C=O) groups excluding carboxylic acids is 2. The number of halogens is 1. The summed E-state index contributed by atoms with van der Waals surface area (Å²) < 4.78 is 45.0. The molecule has 0 atom stereocenters. The van der Waals surface area contributed by atoms with Crippen LogP contribution in [0.15, 0.2) is 46.3 Å². The highest BCUT2D eigenvalue weighted by molar-refractivity contribution is 7.91. The first kappa shape index (κ1) is 23.8. The minimum atomic E-state index is -3.63. The maximum absolute atomic E-state index is 13.0. The molecule has 0 N–H and O–H groups in total. The fourth-order valence-electron chi connectivity index (χ4n) is 3.09. The van der Waals surface area contributed by atoms with Crippen LogP contribution in [0.4, 0.5) is 4.39 Å². The van der Waals surface area contributed by atoms with Crippen LogP contribution in [0.1, 0.15) is 24.0 Å². The summed E-state index contributed by atoms with van der Waals surface area (Å²) in [5.41, 5.74) is 2.89. The standard InChI is InChI=1S/C22H23FN2O5S2/c1-14-11-18-19(12-15(14)2)31-22(25(18)13-21(27)30-3)24-20(26)5-4-10-32(28,29)17-8-6-16(23)7-9-17/h6-9,11-12H,4-5,10,13H2,1-3H3. The van der Waals surface area contributed by atoms with Crippen molar-refractivity contribution in [2.75, 3.05) is 12.9 Å². The second-order valence-corrected chi connectivity index (χ2v) is 10.5. The fourth-order valence-corrected chi connectivity index (χ4v) is 5.53. The molecule has 0 saturated heterocycles. The van der Waals surface area contributed by atoms with Gasteiger partial charge in [0.15, 0.2) is 14.6 Å². The second kappa shape index (κ2) is 9.74. The molecule has 1 amide bonds. The summed E-state index contributed by atoms with van der Waals surface area (Å²) in [5.74, 6) is -1.74. The van der Waals surface area contributed by atoms with Gasteiger partial charge < -0.3 is 9.30 Å². The number of sulfone groups is 1. The zero-order valence-corrected chi connectivity index (χ0v) is 19.6. The van der Waals surface area contributed by atoms with E-state index in [0.29, 0.717) is 4.80 Å². The molecule has 0 saturated carbocycles. The van der Waals surface area contributed by atoms with Gasteiger partial charge in [0, 0.05) is 6.42 Å². The van der Waals surface area contributed by atoms with E-state index in [-0.39, 0.29) is 30.0 Å². The summed E-state index contributed by atoms with van der Waals surface area (Å²) in [6.07, 6.45) is -0.00684. The number of hydrogen-bond acceptors (Lipinski definition) is 6. The molecule has 0 bridgehead atoms. The Kier molecular flexibility index (Phi) is 7.25. The zero-order valence-electron chi connectivity index (χ0n) is 17.9. The molecule has 0 aliphatic carbocycles. The largest absolute Gasteiger partial charge is 0.468 e. The van der Waals surface area contributed by atoms with E-state index in [1.54, 1.807) is 4.57 Å². The number of rotatable bonds is 7. The quantitative estimate of drug-likeness (QED) is 0.384. The molecule has 32 heavy (non-hydrogen) atoms. The second-order valence-electron chi connectivity index (χ2n) is 7.33. The average Bonchev–Trinajstić information content (AvgIpc) is 3.04. The lowest BCUT2D eigenvalue weighted by Gasteiger charge is -2.05. The van der Waals surface area contributed by atoms with Crippen LogP contribution < -0.4 is 4.80 Å². The van der Waals surface area contributed by atoms with Gasteiger partial charge >= 0.3 is 5.97 Å². The number of nitrogens with zero attached hydrogens (tertiary/aromatic N) is 2. The number of hydrogen-bond donors (Lipinski definition) is 0. The van der Waals surface area contributed by atoms with E-state index in [1.165, 1.54) is 30.6 Å². The molecule has 0 radical (unpaired) electrons. The van der Waals surface area contributed by atoms with Crippen LogP contribution in [0.5, 0.6) is 0 Å². The predicted octanol–water partition coefficient (Wildman–Crippen LogP) is 3.31. The van der Waals surface area contributed by atoms with Gasteiger partial charge in [-0.1, -0.05) is 11.3 Å². The molecule has 10 heteroatoms. The van der Waals surface area contributed by atoms with Crippen LogP contribution >= 0.6 is 11.3 Å². The number of ether oxygens (including phenoxy) is 1. The molecule has 7 nitrogen and oxygen atoms in total. The number of carbonyl (C=O) groups is 2. The number of methoxy groups -OCH3 is 1. The molecule has 1 aromatic heterocycles. The Morgan fingerprint density at radius 1 is 1.12 bits per heavy atom. The van der Waals surface area contributed by atoms with Crippen molar-refractivity contribution in [1.29, 1.82) is 0 Å². The average molecular weight is 479 g/mol. The Hall–Kier alpha value is -2.85. The number of benzene rings is 2. The summed E-state index contributed by atoms with van der Waals surface area (Å²) in [6.45, 7) is 3.84. The van der Waals surface area contributed by atoms with Crippen LogP contribution in [0.2, 0.25) is 0 Å². The first-order chi connectivity index (χ1) is 15.1. The summed E-state index contributed by atoms with van der Waals surface area (Å²) in [4.78, 5) is 28.9. The van der Waals surface area contributed by atoms with E-state index >= 15 is 0 Å². The van der Waals surface area contributed by atoms with Gasteiger partial charge in [0.05, 0.1) is 28.0 Å². The summed E-state index contributed by atoms with van der Waals surface area (Å²) in [5, 5.41) is 0. The topological polar surface area (TPSA) is 94.8 Å². The van der Waals surface area contributed by atoms with Gasteiger partial charge in [0.1, 0.15) is 12.4 Å². The Morgan fingerprint density at radius 2 is 1.78 bits per heavy atom. The van der Waals surface area contributed by atoms with Gasteiger partial charge in [0.2, 0.25) is 5.91 Å². The van der Waals surface area contributed by atoms with Gasteiger partial charge in [-0.25, -0.2) is 12.8 Å². The lowest BCUT2D eigenvalue weighted by atomic mass is 10.1. The van der Waals surface area contributed by atoms with Gasteiger partial charge in [-0.05, 0) is 67.8 Å². The van der Waals surface area contributed by atoms with E-state index in [0.717, 1.165) is 33.5 Å². The smallest absolute Gasteiger partial charge is 0.325 e. The van der Waals surface area contributed by atoms with Crippen LogP contribution in [-0.2, 0) is 30.7 Å². The lowest BCUT2D eigenvalue weighted by Crippen LogP contribution is -2.22. The number of fused-ring (bicyclic) bond motifs is 1. The summed E-state index contributed by atoms with van der Waals surface area (Å²) >= 11 is 1.28. The van der Waals surface area contributed by atoms with Crippen molar-refractivity contribution in [2.24, 2.45) is 4.99 Å². The molecule has 170 valence electrons. The lowest BCUT2D eigenvalue weighted by molar-refractivity contribution is -0.141. The maximum atomic E-state index is 13.0. The third-order valence-corrected chi connectivity index (χ3v) is 7.87. The van der Waals surface area contributed by atoms with E-state index in [1.807, 2.05) is 26.0 Å². The predicted molar refractivity (Wildman–Crippen MR) is 120 cm³/mol. The molecule has 0 unspecified atom stereocenters. The number of amides is 1. The Labute approximate surface area is 189 Å². The molecule has 0 aliphatic rings. The van der Waals surface area contributed by atoms with Gasteiger partial charge in [-0.2, -0.15) is 4.99 Å². The first-order valence-electron chi connectivity index (χ1n) is 9.84. The molecule has 2 aromatic carbocycles. The highest BCUT2D eigenvalue weighted by Gasteiger charge is 2.16. The molecule has 1 heterocycles. The molecule has 0 spiro atoms. The molecule has 0 fully saturated rings. The van der Waals surface area contributed by atoms with E-state index in [9.17, 15) is 22.4 Å². The monoisotopic (exact) mass is 478 g/mol. The fraction of sp³-hybridized carbons (Fsp3) is 0.318. The third kappa shape index (κ3) is 5.49. The zero-order chi connectivity index (χ0) is 23.5. The number of esters is 1. The molecular weight excluding hydrogens is 455 g/mol. The van der Waals surface area contributed by atoms with Crippen LogP contribution in [0.25, 0.3) is 10.2 Å². The maximum Gasteiger partial charge on any atom is 0.325 e. The first-order valence-corrected chi connectivity index (χ1v) is 12.3. The Bertz CT molecular complexity index is 1340. The van der Waals surface area contributed by atoms with Crippen molar-refractivity contribution < 1.29 is 27.1 Å². The highest BCUT2D eigenvalue weighted by Crippen LogP contribution is 2.22. The highest BCUT2D eigenvalue weighted by atomic mass is 32.2. The van der Waals surface area contributed by atoms with Gasteiger partial charge in [0.25, 0.3) is 0 Å². The van der Waals surface area contributed by atoms with E-state index in [4.69, 9.17) is 4.74 Å². The Balaban J connectivity index is 1.81. The van der Waals surface area contributed by atoms with Crippen molar-refractivity contribution in [3.8, 4) is 0 Å². The van der Waals surface area contributed by atoms with Gasteiger partial charge in [-0.15, -0.1) is 0 Å².